The smallest absolute Gasteiger partial charge is 0.119 e. The van der Waals surface area contributed by atoms with Crippen LogP contribution in [0, 0.1) is 0 Å². The van der Waals surface area contributed by atoms with Gasteiger partial charge in [0.2, 0.25) is 0 Å². The highest BCUT2D eigenvalue weighted by molar-refractivity contribution is 5.83. The van der Waals surface area contributed by atoms with E-state index in [2.05, 4.69) is 24.9 Å². The van der Waals surface area contributed by atoms with Gasteiger partial charge in [-0.3, -0.25) is 4.98 Å². The predicted molar refractivity (Wildman–Crippen MR) is 82.9 cm³/mol. The van der Waals surface area contributed by atoms with Crippen LogP contribution < -0.4 is 0 Å². The van der Waals surface area contributed by atoms with Crippen LogP contribution in [0.25, 0.3) is 22.0 Å². The summed E-state index contributed by atoms with van der Waals surface area (Å²) in [5.74, 6) is 0.671. The van der Waals surface area contributed by atoms with E-state index in [0.717, 1.165) is 27.6 Å². The average Bonchev–Trinajstić information content (AvgIpc) is 2.46. The number of aromatic hydroxyl groups is 1. The van der Waals surface area contributed by atoms with E-state index >= 15 is 0 Å². The van der Waals surface area contributed by atoms with E-state index in [4.69, 9.17) is 0 Å². The second kappa shape index (κ2) is 4.97. The number of aromatic nitrogens is 1. The van der Waals surface area contributed by atoms with Crippen LogP contribution in [-0.4, -0.2) is 10.1 Å². The zero-order valence-electron chi connectivity index (χ0n) is 11.7. The second-order valence-electron chi connectivity index (χ2n) is 5.34. The lowest BCUT2D eigenvalue weighted by molar-refractivity contribution is 0.465. The molecule has 2 nitrogen and oxygen atoms in total. The van der Waals surface area contributed by atoms with Crippen molar-refractivity contribution in [3.05, 3.63) is 60.3 Å². The molecule has 0 unspecified atom stereocenters. The van der Waals surface area contributed by atoms with Gasteiger partial charge in [0, 0.05) is 17.1 Å². The lowest BCUT2D eigenvalue weighted by atomic mass is 9.97. The fourth-order valence-electron chi connectivity index (χ4n) is 2.44. The highest BCUT2D eigenvalue weighted by Gasteiger charge is 2.08. The van der Waals surface area contributed by atoms with Gasteiger partial charge in [0.1, 0.15) is 5.75 Å². The van der Waals surface area contributed by atoms with Crippen molar-refractivity contribution in [3.63, 3.8) is 0 Å². The standard InChI is InChI=1S/C18H17NO/c1-12(2)16-8-7-13(10-18(16)20)15-9-14-5-3-4-6-17(14)19-11-15/h3-12,20H,1-2H3. The topological polar surface area (TPSA) is 33.1 Å². The molecule has 100 valence electrons. The second-order valence-corrected chi connectivity index (χ2v) is 5.34. The van der Waals surface area contributed by atoms with E-state index in [0.29, 0.717) is 11.7 Å². The minimum atomic E-state index is 0.318. The maximum Gasteiger partial charge on any atom is 0.119 e. The molecule has 0 fully saturated rings. The number of rotatable bonds is 2. The molecule has 0 aliphatic carbocycles. The number of hydrogen-bond donors (Lipinski definition) is 1. The van der Waals surface area contributed by atoms with Crippen molar-refractivity contribution in [2.45, 2.75) is 19.8 Å². The molecule has 3 aromatic rings. The van der Waals surface area contributed by atoms with Gasteiger partial charge in [-0.15, -0.1) is 0 Å². The molecule has 0 saturated carbocycles. The molecule has 0 spiro atoms. The summed E-state index contributed by atoms with van der Waals surface area (Å²) in [5.41, 5.74) is 3.97. The summed E-state index contributed by atoms with van der Waals surface area (Å²) < 4.78 is 0. The molecule has 0 aliphatic heterocycles. The molecule has 0 bridgehead atoms. The Morgan fingerprint density at radius 1 is 0.950 bits per heavy atom. The minimum absolute atomic E-state index is 0.318. The van der Waals surface area contributed by atoms with Crippen LogP contribution in [0.15, 0.2) is 54.7 Å². The molecule has 1 heterocycles. The number of phenolic OH excluding ortho intramolecular Hbond substituents is 1. The van der Waals surface area contributed by atoms with Crippen LogP contribution in [0.1, 0.15) is 25.3 Å². The van der Waals surface area contributed by atoms with Crippen LogP contribution in [0.3, 0.4) is 0 Å². The maximum atomic E-state index is 10.1. The summed E-state index contributed by atoms with van der Waals surface area (Å²) in [6, 6.07) is 16.0. The van der Waals surface area contributed by atoms with Crippen molar-refractivity contribution in [1.29, 1.82) is 0 Å². The van der Waals surface area contributed by atoms with Crippen LogP contribution in [-0.2, 0) is 0 Å². The lowest BCUT2D eigenvalue weighted by Crippen LogP contribution is -1.89. The summed E-state index contributed by atoms with van der Waals surface area (Å²) in [5, 5.41) is 11.2. The van der Waals surface area contributed by atoms with Crippen LogP contribution >= 0.6 is 0 Å². The maximum absolute atomic E-state index is 10.1. The van der Waals surface area contributed by atoms with Gasteiger partial charge in [0.15, 0.2) is 0 Å². The van der Waals surface area contributed by atoms with Crippen LogP contribution in [0.2, 0.25) is 0 Å². The Labute approximate surface area is 118 Å². The molecular weight excluding hydrogens is 246 g/mol. The Morgan fingerprint density at radius 3 is 2.50 bits per heavy atom. The molecule has 0 radical (unpaired) electrons. The number of fused-ring (bicyclic) bond motifs is 1. The van der Waals surface area contributed by atoms with Gasteiger partial charge < -0.3 is 5.11 Å². The molecule has 1 N–H and O–H groups in total. The third-order valence-corrected chi connectivity index (χ3v) is 3.58. The number of hydrogen-bond acceptors (Lipinski definition) is 2. The average molecular weight is 263 g/mol. The Balaban J connectivity index is 2.08. The molecule has 0 amide bonds. The first-order valence-corrected chi connectivity index (χ1v) is 6.83. The summed E-state index contributed by atoms with van der Waals surface area (Å²) in [4.78, 5) is 4.46. The Morgan fingerprint density at radius 2 is 1.75 bits per heavy atom. The van der Waals surface area contributed by atoms with E-state index in [1.54, 1.807) is 0 Å². The Kier molecular flexibility index (Phi) is 3.15. The van der Waals surface area contributed by atoms with Crippen molar-refractivity contribution < 1.29 is 5.11 Å². The van der Waals surface area contributed by atoms with Gasteiger partial charge in [-0.2, -0.15) is 0 Å². The summed E-state index contributed by atoms with van der Waals surface area (Å²) in [7, 11) is 0. The first-order valence-electron chi connectivity index (χ1n) is 6.83. The molecule has 0 aliphatic rings. The summed E-state index contributed by atoms with van der Waals surface area (Å²) in [6.45, 7) is 4.15. The first-order chi connectivity index (χ1) is 9.65. The molecule has 1 aromatic heterocycles. The lowest BCUT2D eigenvalue weighted by Gasteiger charge is -2.10. The fraction of sp³-hybridized carbons (Fsp3) is 0.167. The molecule has 20 heavy (non-hydrogen) atoms. The monoisotopic (exact) mass is 263 g/mol. The Hall–Kier alpha value is -2.35. The van der Waals surface area contributed by atoms with Crippen molar-refractivity contribution >= 4 is 10.9 Å². The van der Waals surface area contributed by atoms with E-state index in [-0.39, 0.29) is 0 Å². The van der Waals surface area contributed by atoms with Crippen molar-refractivity contribution in [3.8, 4) is 16.9 Å². The number of benzene rings is 2. The van der Waals surface area contributed by atoms with E-state index in [9.17, 15) is 5.11 Å². The number of phenols is 1. The summed E-state index contributed by atoms with van der Waals surface area (Å²) >= 11 is 0. The molecule has 2 aromatic carbocycles. The van der Waals surface area contributed by atoms with Crippen molar-refractivity contribution in [1.82, 2.24) is 4.98 Å². The van der Waals surface area contributed by atoms with E-state index in [1.807, 2.05) is 48.7 Å². The van der Waals surface area contributed by atoms with E-state index in [1.165, 1.54) is 0 Å². The van der Waals surface area contributed by atoms with Gasteiger partial charge in [0.05, 0.1) is 5.52 Å². The molecule has 2 heteroatoms. The highest BCUT2D eigenvalue weighted by Crippen LogP contribution is 2.31. The van der Waals surface area contributed by atoms with Crippen molar-refractivity contribution in [2.75, 3.05) is 0 Å². The summed E-state index contributed by atoms with van der Waals surface area (Å²) in [6.07, 6.45) is 1.85. The zero-order valence-corrected chi connectivity index (χ0v) is 11.7. The molecule has 0 atom stereocenters. The third-order valence-electron chi connectivity index (χ3n) is 3.58. The first kappa shape index (κ1) is 12.7. The minimum Gasteiger partial charge on any atom is -0.508 e. The van der Waals surface area contributed by atoms with Gasteiger partial charge in [0.25, 0.3) is 0 Å². The normalized spacial score (nSPS) is 11.2. The quantitative estimate of drug-likeness (QED) is 0.725. The number of pyridine rings is 1. The molecule has 3 rings (SSSR count). The zero-order chi connectivity index (χ0) is 14.1. The number of para-hydroxylation sites is 1. The third kappa shape index (κ3) is 2.25. The highest BCUT2D eigenvalue weighted by atomic mass is 16.3. The number of nitrogens with zero attached hydrogens (tertiary/aromatic N) is 1. The van der Waals surface area contributed by atoms with Gasteiger partial charge >= 0.3 is 0 Å². The molecule has 0 saturated heterocycles. The van der Waals surface area contributed by atoms with Gasteiger partial charge in [-0.1, -0.05) is 44.2 Å². The predicted octanol–water partition coefficient (Wildman–Crippen LogP) is 4.73. The fourth-order valence-corrected chi connectivity index (χ4v) is 2.44. The largest absolute Gasteiger partial charge is 0.508 e. The van der Waals surface area contributed by atoms with E-state index < -0.39 is 0 Å². The SMILES string of the molecule is CC(C)c1ccc(-c2cnc3ccccc3c2)cc1O. The van der Waals surface area contributed by atoms with Gasteiger partial charge in [-0.05, 0) is 35.2 Å². The van der Waals surface area contributed by atoms with Crippen molar-refractivity contribution in [2.24, 2.45) is 0 Å². The van der Waals surface area contributed by atoms with Crippen LogP contribution in [0.4, 0.5) is 0 Å². The van der Waals surface area contributed by atoms with Gasteiger partial charge in [-0.25, -0.2) is 0 Å². The van der Waals surface area contributed by atoms with Crippen LogP contribution in [0.5, 0.6) is 5.75 Å². The molecular formula is C18H17NO. The Bertz CT molecular complexity index is 762.